The van der Waals surface area contributed by atoms with Crippen LogP contribution in [0.4, 0.5) is 0 Å². The van der Waals surface area contributed by atoms with E-state index in [2.05, 4.69) is 37.5 Å². The van der Waals surface area contributed by atoms with Crippen LogP contribution in [0.15, 0.2) is 0 Å². The molecule has 0 saturated heterocycles. The zero-order valence-corrected chi connectivity index (χ0v) is 12.5. The topological polar surface area (TPSA) is 43.7 Å². The predicted octanol–water partition coefficient (Wildman–Crippen LogP) is 1.88. The van der Waals surface area contributed by atoms with E-state index >= 15 is 0 Å². The Labute approximate surface area is 112 Å². The summed E-state index contributed by atoms with van der Waals surface area (Å²) in [5.41, 5.74) is -0.956. The van der Waals surface area contributed by atoms with Gasteiger partial charge in [-0.1, -0.05) is 39.0 Å². The Morgan fingerprint density at radius 1 is 1.22 bits per heavy atom. The van der Waals surface area contributed by atoms with Crippen LogP contribution in [-0.2, 0) is 0 Å². The van der Waals surface area contributed by atoms with Crippen molar-refractivity contribution in [3.8, 4) is 11.8 Å². The molecule has 0 aromatic carbocycles. The third kappa shape index (κ3) is 7.71. The Kier molecular flexibility index (Phi) is 8.26. The van der Waals surface area contributed by atoms with Gasteiger partial charge in [0.25, 0.3) is 0 Å². The summed E-state index contributed by atoms with van der Waals surface area (Å²) in [5.74, 6) is 6.45. The molecule has 0 aliphatic heterocycles. The van der Waals surface area contributed by atoms with Crippen molar-refractivity contribution in [1.82, 2.24) is 4.90 Å². The highest BCUT2D eigenvalue weighted by Gasteiger charge is 2.19. The van der Waals surface area contributed by atoms with Crippen LogP contribution in [0.2, 0.25) is 0 Å². The highest BCUT2D eigenvalue weighted by Crippen LogP contribution is 2.12. The molecule has 0 heterocycles. The molecule has 0 saturated carbocycles. The van der Waals surface area contributed by atoms with Crippen LogP contribution in [-0.4, -0.2) is 46.5 Å². The number of hydrogen-bond acceptors (Lipinski definition) is 3. The van der Waals surface area contributed by atoms with Gasteiger partial charge in [-0.2, -0.15) is 0 Å². The molecule has 0 bridgehead atoms. The van der Waals surface area contributed by atoms with E-state index in [9.17, 15) is 5.11 Å². The van der Waals surface area contributed by atoms with Crippen molar-refractivity contribution in [2.45, 2.75) is 59.1 Å². The molecule has 0 radical (unpaired) electrons. The van der Waals surface area contributed by atoms with Gasteiger partial charge >= 0.3 is 0 Å². The van der Waals surface area contributed by atoms with Crippen LogP contribution in [0.5, 0.6) is 0 Å². The molecule has 0 aromatic heterocycles. The number of unbranched alkanes of at least 4 members (excludes halogenated alkanes) is 1. The summed E-state index contributed by atoms with van der Waals surface area (Å²) in [7, 11) is 0. The number of aliphatic hydroxyl groups is 2. The average Bonchev–Trinajstić information content (AvgIpc) is 2.23. The first-order chi connectivity index (χ1) is 8.31. The van der Waals surface area contributed by atoms with E-state index < -0.39 is 5.60 Å². The molecular weight excluding hydrogens is 226 g/mol. The van der Waals surface area contributed by atoms with Crippen molar-refractivity contribution in [3.05, 3.63) is 0 Å². The number of rotatable bonds is 7. The van der Waals surface area contributed by atoms with E-state index in [1.807, 2.05) is 0 Å². The maximum Gasteiger partial charge on any atom is 0.120 e. The molecule has 106 valence electrons. The lowest BCUT2D eigenvalue weighted by Gasteiger charge is -2.30. The van der Waals surface area contributed by atoms with Crippen LogP contribution >= 0.6 is 0 Å². The van der Waals surface area contributed by atoms with E-state index in [-0.39, 0.29) is 12.6 Å². The molecule has 1 unspecified atom stereocenters. The molecule has 0 aromatic rings. The lowest BCUT2D eigenvalue weighted by atomic mass is 10.0. The third-order valence-electron chi connectivity index (χ3n) is 2.74. The minimum absolute atomic E-state index is 0.0927. The lowest BCUT2D eigenvalue weighted by Crippen LogP contribution is -2.40. The first kappa shape index (κ1) is 17.4. The van der Waals surface area contributed by atoms with E-state index in [1.54, 1.807) is 13.8 Å². The second-order valence-corrected chi connectivity index (χ2v) is 5.63. The van der Waals surface area contributed by atoms with E-state index in [1.165, 1.54) is 0 Å². The normalized spacial score (nSPS) is 13.6. The predicted molar refractivity (Wildman–Crippen MR) is 76.3 cm³/mol. The van der Waals surface area contributed by atoms with Gasteiger partial charge in [-0.15, -0.1) is 0 Å². The molecule has 18 heavy (non-hydrogen) atoms. The van der Waals surface area contributed by atoms with Crippen LogP contribution in [0.3, 0.4) is 0 Å². The molecule has 1 atom stereocenters. The second-order valence-electron chi connectivity index (χ2n) is 5.63. The molecule has 0 amide bonds. The minimum Gasteiger partial charge on any atom is -0.395 e. The highest BCUT2D eigenvalue weighted by atomic mass is 16.3. The van der Waals surface area contributed by atoms with Gasteiger partial charge in [0.15, 0.2) is 0 Å². The standard InChI is InChI=1S/C15H29NO2/c1-6-7-10-16(11-12-17)14(13(2)3)8-9-15(4,5)18/h13-14,17-18H,6-7,10-12H2,1-5H3. The van der Waals surface area contributed by atoms with E-state index in [0.29, 0.717) is 12.5 Å². The van der Waals surface area contributed by atoms with Crippen LogP contribution in [0.25, 0.3) is 0 Å². The van der Waals surface area contributed by atoms with Gasteiger partial charge in [0.2, 0.25) is 0 Å². The fourth-order valence-electron chi connectivity index (χ4n) is 1.81. The molecule has 0 rings (SSSR count). The van der Waals surface area contributed by atoms with Crippen molar-refractivity contribution in [1.29, 1.82) is 0 Å². The first-order valence-corrected chi connectivity index (χ1v) is 6.91. The van der Waals surface area contributed by atoms with Gasteiger partial charge in [0.05, 0.1) is 12.6 Å². The molecule has 0 aliphatic carbocycles. The van der Waals surface area contributed by atoms with Crippen molar-refractivity contribution in [2.24, 2.45) is 5.92 Å². The summed E-state index contributed by atoms with van der Waals surface area (Å²) < 4.78 is 0. The summed E-state index contributed by atoms with van der Waals surface area (Å²) in [6.07, 6.45) is 2.24. The zero-order valence-electron chi connectivity index (χ0n) is 12.5. The van der Waals surface area contributed by atoms with Gasteiger partial charge in [-0.3, -0.25) is 4.90 Å². The van der Waals surface area contributed by atoms with Crippen molar-refractivity contribution in [3.63, 3.8) is 0 Å². The summed E-state index contributed by atoms with van der Waals surface area (Å²) >= 11 is 0. The summed E-state index contributed by atoms with van der Waals surface area (Å²) in [5, 5.41) is 18.9. The molecule has 0 fully saturated rings. The van der Waals surface area contributed by atoms with Crippen LogP contribution in [0, 0.1) is 17.8 Å². The van der Waals surface area contributed by atoms with Crippen LogP contribution < -0.4 is 0 Å². The Morgan fingerprint density at radius 2 is 1.83 bits per heavy atom. The Balaban J connectivity index is 4.83. The summed E-state index contributed by atoms with van der Waals surface area (Å²) in [6.45, 7) is 11.5. The van der Waals surface area contributed by atoms with Crippen molar-refractivity contribution in [2.75, 3.05) is 19.7 Å². The Hall–Kier alpha value is -0.560. The molecule has 2 N–H and O–H groups in total. The molecule has 0 spiro atoms. The van der Waals surface area contributed by atoms with E-state index in [0.717, 1.165) is 19.4 Å². The van der Waals surface area contributed by atoms with E-state index in [4.69, 9.17) is 5.11 Å². The number of aliphatic hydroxyl groups excluding tert-OH is 1. The number of nitrogens with zero attached hydrogens (tertiary/aromatic N) is 1. The second kappa shape index (κ2) is 8.53. The molecular formula is C15H29NO2. The molecule has 3 heteroatoms. The zero-order chi connectivity index (χ0) is 14.2. The SMILES string of the molecule is CCCCN(CCO)C(C#CC(C)(C)O)C(C)C. The van der Waals surface area contributed by atoms with Gasteiger partial charge in [0.1, 0.15) is 5.60 Å². The number of hydrogen-bond donors (Lipinski definition) is 2. The monoisotopic (exact) mass is 255 g/mol. The fourth-order valence-corrected chi connectivity index (χ4v) is 1.81. The third-order valence-corrected chi connectivity index (χ3v) is 2.74. The highest BCUT2D eigenvalue weighted by molar-refractivity contribution is 5.16. The van der Waals surface area contributed by atoms with Crippen LogP contribution in [0.1, 0.15) is 47.5 Å². The maximum absolute atomic E-state index is 9.69. The van der Waals surface area contributed by atoms with Gasteiger partial charge in [0, 0.05) is 6.54 Å². The smallest absolute Gasteiger partial charge is 0.120 e. The Bertz CT molecular complexity index is 270. The minimum atomic E-state index is -0.956. The average molecular weight is 255 g/mol. The Morgan fingerprint density at radius 3 is 2.22 bits per heavy atom. The summed E-state index contributed by atoms with van der Waals surface area (Å²) in [6, 6.07) is 0.0927. The first-order valence-electron chi connectivity index (χ1n) is 6.91. The van der Waals surface area contributed by atoms with Crippen molar-refractivity contribution >= 4 is 0 Å². The maximum atomic E-state index is 9.69. The lowest BCUT2D eigenvalue weighted by molar-refractivity contribution is 0.138. The molecule has 0 aliphatic rings. The summed E-state index contributed by atoms with van der Waals surface area (Å²) in [4.78, 5) is 2.22. The van der Waals surface area contributed by atoms with Gasteiger partial charge in [-0.25, -0.2) is 0 Å². The van der Waals surface area contributed by atoms with Crippen molar-refractivity contribution < 1.29 is 10.2 Å². The quantitative estimate of drug-likeness (QED) is 0.683. The largest absolute Gasteiger partial charge is 0.395 e. The molecule has 3 nitrogen and oxygen atoms in total. The van der Waals surface area contributed by atoms with Gasteiger partial charge < -0.3 is 10.2 Å². The fraction of sp³-hybridized carbons (Fsp3) is 0.867. The van der Waals surface area contributed by atoms with Gasteiger partial charge in [-0.05, 0) is 32.7 Å².